The third-order valence-electron chi connectivity index (χ3n) is 3.72. The number of rotatable bonds is 4. The molecule has 0 bridgehead atoms. The molecular formula is C13H21BrN2. The van der Waals surface area contributed by atoms with Crippen molar-refractivity contribution in [3.8, 4) is 0 Å². The number of nitrogens with zero attached hydrogens (tertiary/aromatic N) is 2. The molecule has 0 saturated heterocycles. The van der Waals surface area contributed by atoms with E-state index in [1.165, 1.54) is 31.5 Å². The molecule has 1 aromatic rings. The standard InChI is InChI=1S/C13H21BrN2/c1-11(2)12-15-7-8-16(12)10-13(9-14)5-3-4-6-13/h7-8,11H,3-6,9-10H2,1-2H3. The second kappa shape index (κ2) is 4.91. The highest BCUT2D eigenvalue weighted by molar-refractivity contribution is 9.09. The predicted molar refractivity (Wildman–Crippen MR) is 71.0 cm³/mol. The zero-order valence-corrected chi connectivity index (χ0v) is 11.8. The van der Waals surface area contributed by atoms with E-state index < -0.39 is 0 Å². The number of halogens is 1. The van der Waals surface area contributed by atoms with Crippen molar-refractivity contribution in [2.45, 2.75) is 52.0 Å². The summed E-state index contributed by atoms with van der Waals surface area (Å²) in [6.07, 6.45) is 9.56. The summed E-state index contributed by atoms with van der Waals surface area (Å²) in [7, 11) is 0. The van der Waals surface area contributed by atoms with Crippen LogP contribution in [0.25, 0.3) is 0 Å². The molecule has 1 heterocycles. The highest BCUT2D eigenvalue weighted by Gasteiger charge is 2.33. The summed E-state index contributed by atoms with van der Waals surface area (Å²) in [6, 6.07) is 0. The average molecular weight is 285 g/mol. The van der Waals surface area contributed by atoms with Crippen LogP contribution in [0, 0.1) is 5.41 Å². The van der Waals surface area contributed by atoms with Crippen LogP contribution in [0.2, 0.25) is 0 Å². The number of hydrogen-bond donors (Lipinski definition) is 0. The van der Waals surface area contributed by atoms with Crippen molar-refractivity contribution in [3.05, 3.63) is 18.2 Å². The van der Waals surface area contributed by atoms with Crippen molar-refractivity contribution in [2.24, 2.45) is 5.41 Å². The first-order valence-corrected chi connectivity index (χ1v) is 7.36. The average Bonchev–Trinajstić information content (AvgIpc) is 2.88. The van der Waals surface area contributed by atoms with Crippen LogP contribution in [-0.4, -0.2) is 14.9 Å². The third kappa shape index (κ3) is 2.34. The van der Waals surface area contributed by atoms with Crippen LogP contribution in [0.1, 0.15) is 51.3 Å². The van der Waals surface area contributed by atoms with Crippen LogP contribution in [-0.2, 0) is 6.54 Å². The van der Waals surface area contributed by atoms with Crippen molar-refractivity contribution in [2.75, 3.05) is 5.33 Å². The summed E-state index contributed by atoms with van der Waals surface area (Å²) in [5.41, 5.74) is 0.477. The minimum Gasteiger partial charge on any atom is -0.334 e. The van der Waals surface area contributed by atoms with Crippen LogP contribution in [0.15, 0.2) is 12.4 Å². The Bertz CT molecular complexity index is 337. The van der Waals surface area contributed by atoms with E-state index in [1.54, 1.807) is 0 Å². The second-order valence-corrected chi connectivity index (χ2v) is 5.97. The number of alkyl halides is 1. The van der Waals surface area contributed by atoms with Gasteiger partial charge in [-0.15, -0.1) is 0 Å². The zero-order valence-electron chi connectivity index (χ0n) is 10.2. The van der Waals surface area contributed by atoms with Gasteiger partial charge in [0.05, 0.1) is 0 Å². The molecule has 1 saturated carbocycles. The van der Waals surface area contributed by atoms with Crippen molar-refractivity contribution < 1.29 is 0 Å². The number of imidazole rings is 1. The van der Waals surface area contributed by atoms with Gasteiger partial charge in [0.2, 0.25) is 0 Å². The molecule has 0 aromatic carbocycles. The first-order valence-electron chi connectivity index (χ1n) is 6.24. The minimum atomic E-state index is 0.477. The van der Waals surface area contributed by atoms with E-state index in [9.17, 15) is 0 Å². The molecule has 0 N–H and O–H groups in total. The smallest absolute Gasteiger partial charge is 0.111 e. The highest BCUT2D eigenvalue weighted by Crippen LogP contribution is 2.41. The van der Waals surface area contributed by atoms with Crippen LogP contribution in [0.4, 0.5) is 0 Å². The van der Waals surface area contributed by atoms with E-state index in [2.05, 4.69) is 45.5 Å². The van der Waals surface area contributed by atoms with Crippen molar-refractivity contribution in [3.63, 3.8) is 0 Å². The number of aromatic nitrogens is 2. The Balaban J connectivity index is 2.16. The maximum atomic E-state index is 4.47. The molecule has 0 atom stereocenters. The molecule has 0 unspecified atom stereocenters. The van der Waals surface area contributed by atoms with Gasteiger partial charge in [-0.3, -0.25) is 0 Å². The Kier molecular flexibility index (Phi) is 3.73. The van der Waals surface area contributed by atoms with Gasteiger partial charge in [-0.1, -0.05) is 42.6 Å². The van der Waals surface area contributed by atoms with E-state index in [0.29, 0.717) is 11.3 Å². The SMILES string of the molecule is CC(C)c1nccn1CC1(CBr)CCCC1. The van der Waals surface area contributed by atoms with E-state index in [4.69, 9.17) is 0 Å². The Hall–Kier alpha value is -0.310. The van der Waals surface area contributed by atoms with E-state index in [-0.39, 0.29) is 0 Å². The van der Waals surface area contributed by atoms with Gasteiger partial charge in [-0.2, -0.15) is 0 Å². The lowest BCUT2D eigenvalue weighted by molar-refractivity contribution is 0.286. The molecule has 2 rings (SSSR count). The van der Waals surface area contributed by atoms with Crippen LogP contribution in [0.5, 0.6) is 0 Å². The van der Waals surface area contributed by atoms with Crippen LogP contribution >= 0.6 is 15.9 Å². The van der Waals surface area contributed by atoms with Gasteiger partial charge in [0, 0.05) is 30.2 Å². The monoisotopic (exact) mass is 284 g/mol. The van der Waals surface area contributed by atoms with Crippen LogP contribution < -0.4 is 0 Å². The fraction of sp³-hybridized carbons (Fsp3) is 0.769. The van der Waals surface area contributed by atoms with Gasteiger partial charge < -0.3 is 4.57 Å². The molecular weight excluding hydrogens is 264 g/mol. The van der Waals surface area contributed by atoms with Gasteiger partial charge in [0.1, 0.15) is 5.82 Å². The largest absolute Gasteiger partial charge is 0.334 e. The van der Waals surface area contributed by atoms with E-state index >= 15 is 0 Å². The first-order chi connectivity index (χ1) is 7.67. The zero-order chi connectivity index (χ0) is 11.6. The minimum absolute atomic E-state index is 0.477. The fourth-order valence-corrected chi connectivity index (χ4v) is 3.51. The molecule has 3 heteroatoms. The summed E-state index contributed by atoms with van der Waals surface area (Å²) < 4.78 is 2.36. The Morgan fingerprint density at radius 1 is 1.44 bits per heavy atom. The summed E-state index contributed by atoms with van der Waals surface area (Å²) in [5.74, 6) is 1.75. The van der Waals surface area contributed by atoms with Gasteiger partial charge in [0.25, 0.3) is 0 Å². The molecule has 0 radical (unpaired) electrons. The van der Waals surface area contributed by atoms with Gasteiger partial charge in [-0.25, -0.2) is 4.98 Å². The first kappa shape index (κ1) is 12.2. The Morgan fingerprint density at radius 2 is 2.12 bits per heavy atom. The summed E-state index contributed by atoms with van der Waals surface area (Å²) in [6.45, 7) is 5.56. The normalized spacial score (nSPS) is 19.5. The molecule has 1 aliphatic rings. The number of hydrogen-bond acceptors (Lipinski definition) is 1. The Morgan fingerprint density at radius 3 is 2.69 bits per heavy atom. The summed E-state index contributed by atoms with van der Waals surface area (Å²) in [4.78, 5) is 4.47. The molecule has 0 aliphatic heterocycles. The summed E-state index contributed by atoms with van der Waals surface area (Å²) in [5, 5.41) is 1.12. The van der Waals surface area contributed by atoms with Crippen molar-refractivity contribution in [1.82, 2.24) is 9.55 Å². The van der Waals surface area contributed by atoms with Crippen LogP contribution in [0.3, 0.4) is 0 Å². The molecule has 16 heavy (non-hydrogen) atoms. The van der Waals surface area contributed by atoms with E-state index in [0.717, 1.165) is 11.9 Å². The maximum Gasteiger partial charge on any atom is 0.111 e. The predicted octanol–water partition coefficient (Wildman–Crippen LogP) is 3.96. The molecule has 1 aromatic heterocycles. The van der Waals surface area contributed by atoms with Crippen molar-refractivity contribution in [1.29, 1.82) is 0 Å². The maximum absolute atomic E-state index is 4.47. The topological polar surface area (TPSA) is 17.8 Å². The highest BCUT2D eigenvalue weighted by atomic mass is 79.9. The second-order valence-electron chi connectivity index (χ2n) is 5.41. The molecule has 1 fully saturated rings. The molecule has 1 aliphatic carbocycles. The lowest BCUT2D eigenvalue weighted by Gasteiger charge is -2.28. The molecule has 0 amide bonds. The molecule has 90 valence electrons. The van der Waals surface area contributed by atoms with Gasteiger partial charge >= 0.3 is 0 Å². The fourth-order valence-electron chi connectivity index (χ4n) is 2.78. The van der Waals surface area contributed by atoms with Crippen molar-refractivity contribution >= 4 is 15.9 Å². The Labute approximate surface area is 107 Å². The third-order valence-corrected chi connectivity index (χ3v) is 4.91. The van der Waals surface area contributed by atoms with Gasteiger partial charge in [0.15, 0.2) is 0 Å². The molecule has 2 nitrogen and oxygen atoms in total. The van der Waals surface area contributed by atoms with E-state index in [1.807, 2.05) is 6.20 Å². The quantitative estimate of drug-likeness (QED) is 0.766. The van der Waals surface area contributed by atoms with Gasteiger partial charge in [-0.05, 0) is 18.3 Å². The molecule has 0 spiro atoms. The summed E-state index contributed by atoms with van der Waals surface area (Å²) >= 11 is 3.71. The lowest BCUT2D eigenvalue weighted by Crippen LogP contribution is -2.26. The lowest BCUT2D eigenvalue weighted by atomic mass is 9.88.